The summed E-state index contributed by atoms with van der Waals surface area (Å²) in [6.45, 7) is -1.25. The van der Waals surface area contributed by atoms with Crippen molar-refractivity contribution in [1.82, 2.24) is 14.9 Å². The van der Waals surface area contributed by atoms with E-state index in [2.05, 4.69) is 10.3 Å². The van der Waals surface area contributed by atoms with Crippen LogP contribution in [-0.4, -0.2) is 26.8 Å². The molecule has 0 bridgehead atoms. The molecule has 118 valence electrons. The van der Waals surface area contributed by atoms with Gasteiger partial charge in [-0.3, -0.25) is 10.1 Å². The molecule has 0 amide bonds. The summed E-state index contributed by atoms with van der Waals surface area (Å²) >= 11 is 0. The number of hydrogen-bond donors (Lipinski definition) is 2. The lowest BCUT2D eigenvalue weighted by Crippen LogP contribution is -2.30. The summed E-state index contributed by atoms with van der Waals surface area (Å²) in [6, 6.07) is 7.38. The Kier molecular flexibility index (Phi) is 4.81. The highest BCUT2D eigenvalue weighted by atomic mass is 19.4. The van der Waals surface area contributed by atoms with Crippen molar-refractivity contribution in [3.05, 3.63) is 54.1 Å². The smallest absolute Gasteiger partial charge is 0.406 e. The molecular weight excluding hydrogens is 299 g/mol. The number of aliphatic carboxylic acids is 1. The van der Waals surface area contributed by atoms with Crippen molar-refractivity contribution in [2.45, 2.75) is 25.3 Å². The van der Waals surface area contributed by atoms with Crippen molar-refractivity contribution in [2.75, 3.05) is 0 Å². The molecule has 1 atom stereocenters. The molecule has 2 aromatic rings. The SMILES string of the molecule is O=C(O)[C@H](NCc1nccn1CC(F)(F)F)c1ccccc1. The van der Waals surface area contributed by atoms with E-state index < -0.39 is 24.7 Å². The van der Waals surface area contributed by atoms with Crippen molar-refractivity contribution >= 4 is 5.97 Å². The third kappa shape index (κ3) is 4.32. The van der Waals surface area contributed by atoms with Gasteiger partial charge >= 0.3 is 12.1 Å². The molecular formula is C14H14F3N3O2. The first kappa shape index (κ1) is 16.0. The van der Waals surface area contributed by atoms with Crippen molar-refractivity contribution in [3.63, 3.8) is 0 Å². The molecule has 0 aliphatic rings. The minimum atomic E-state index is -4.36. The number of rotatable bonds is 6. The number of nitrogens with zero attached hydrogens (tertiary/aromatic N) is 2. The first-order chi connectivity index (χ1) is 10.4. The van der Waals surface area contributed by atoms with Crippen LogP contribution in [0.4, 0.5) is 13.2 Å². The number of hydrogen-bond acceptors (Lipinski definition) is 3. The first-order valence-electron chi connectivity index (χ1n) is 6.45. The van der Waals surface area contributed by atoms with Crippen LogP contribution in [-0.2, 0) is 17.9 Å². The molecule has 1 aromatic carbocycles. The third-order valence-corrected chi connectivity index (χ3v) is 3.00. The van der Waals surface area contributed by atoms with Crippen LogP contribution in [0.2, 0.25) is 0 Å². The van der Waals surface area contributed by atoms with E-state index in [1.807, 2.05) is 0 Å². The van der Waals surface area contributed by atoms with Gasteiger partial charge in [0.1, 0.15) is 18.4 Å². The largest absolute Gasteiger partial charge is 0.480 e. The Balaban J connectivity index is 2.08. The van der Waals surface area contributed by atoms with Gasteiger partial charge in [0.25, 0.3) is 0 Å². The molecule has 0 aliphatic heterocycles. The van der Waals surface area contributed by atoms with Crippen LogP contribution in [0.1, 0.15) is 17.4 Å². The van der Waals surface area contributed by atoms with E-state index in [1.54, 1.807) is 30.3 Å². The topological polar surface area (TPSA) is 67.2 Å². The highest BCUT2D eigenvalue weighted by molar-refractivity contribution is 5.75. The Hall–Kier alpha value is -2.35. The number of nitrogens with one attached hydrogen (secondary N) is 1. The van der Waals surface area contributed by atoms with Gasteiger partial charge in [-0.25, -0.2) is 4.98 Å². The van der Waals surface area contributed by atoms with Crippen LogP contribution >= 0.6 is 0 Å². The molecule has 0 saturated heterocycles. The fraction of sp³-hybridized carbons (Fsp3) is 0.286. The fourth-order valence-electron chi connectivity index (χ4n) is 2.03. The van der Waals surface area contributed by atoms with Gasteiger partial charge in [0, 0.05) is 12.4 Å². The number of alkyl halides is 3. The Morgan fingerprint density at radius 2 is 2.00 bits per heavy atom. The molecule has 2 rings (SSSR count). The zero-order valence-electron chi connectivity index (χ0n) is 11.4. The second-order valence-electron chi connectivity index (χ2n) is 4.65. The summed E-state index contributed by atoms with van der Waals surface area (Å²) in [5.41, 5.74) is 0.518. The Morgan fingerprint density at radius 1 is 1.32 bits per heavy atom. The third-order valence-electron chi connectivity index (χ3n) is 3.00. The minimum Gasteiger partial charge on any atom is -0.480 e. The number of aromatic nitrogens is 2. The van der Waals surface area contributed by atoms with Crippen molar-refractivity contribution in [2.24, 2.45) is 0 Å². The van der Waals surface area contributed by atoms with Crippen molar-refractivity contribution in [3.8, 4) is 0 Å². The summed E-state index contributed by atoms with van der Waals surface area (Å²) < 4.78 is 38.2. The van der Waals surface area contributed by atoms with E-state index in [9.17, 15) is 23.1 Å². The van der Waals surface area contributed by atoms with E-state index in [0.29, 0.717) is 5.56 Å². The number of carboxylic acid groups (broad SMARTS) is 1. The highest BCUT2D eigenvalue weighted by Gasteiger charge is 2.29. The molecule has 0 fully saturated rings. The van der Waals surface area contributed by atoms with Crippen LogP contribution in [0.3, 0.4) is 0 Å². The van der Waals surface area contributed by atoms with Gasteiger partial charge in [-0.2, -0.15) is 13.2 Å². The maximum absolute atomic E-state index is 12.4. The minimum absolute atomic E-state index is 0.0884. The quantitative estimate of drug-likeness (QED) is 0.859. The van der Waals surface area contributed by atoms with Gasteiger partial charge in [-0.05, 0) is 5.56 Å². The Morgan fingerprint density at radius 3 is 2.59 bits per heavy atom. The van der Waals surface area contributed by atoms with Gasteiger partial charge in [0.05, 0.1) is 6.54 Å². The molecule has 5 nitrogen and oxygen atoms in total. The summed E-state index contributed by atoms with van der Waals surface area (Å²) in [5, 5.41) is 12.0. The molecule has 22 heavy (non-hydrogen) atoms. The summed E-state index contributed by atoms with van der Waals surface area (Å²) in [5.74, 6) is -0.986. The summed E-state index contributed by atoms with van der Waals surface area (Å²) in [6.07, 6.45) is -1.90. The maximum atomic E-state index is 12.4. The number of imidazole rings is 1. The van der Waals surface area contributed by atoms with Gasteiger partial charge in [-0.1, -0.05) is 30.3 Å². The lowest BCUT2D eigenvalue weighted by molar-refractivity contribution is -0.142. The highest BCUT2D eigenvalue weighted by Crippen LogP contribution is 2.19. The fourth-order valence-corrected chi connectivity index (χ4v) is 2.03. The molecule has 1 aromatic heterocycles. The van der Waals surface area contributed by atoms with Crippen LogP contribution in [0.5, 0.6) is 0 Å². The van der Waals surface area contributed by atoms with E-state index in [-0.39, 0.29) is 12.4 Å². The van der Waals surface area contributed by atoms with Crippen LogP contribution in [0.15, 0.2) is 42.7 Å². The van der Waals surface area contributed by atoms with Gasteiger partial charge in [-0.15, -0.1) is 0 Å². The zero-order chi connectivity index (χ0) is 16.2. The van der Waals surface area contributed by atoms with Crippen LogP contribution < -0.4 is 5.32 Å². The van der Waals surface area contributed by atoms with E-state index in [4.69, 9.17) is 0 Å². The van der Waals surface area contributed by atoms with Crippen LogP contribution in [0, 0.1) is 0 Å². The molecule has 0 spiro atoms. The van der Waals surface area contributed by atoms with Crippen LogP contribution in [0.25, 0.3) is 0 Å². The standard InChI is InChI=1S/C14H14F3N3O2/c15-14(16,17)9-20-7-6-18-11(20)8-19-12(13(21)22)10-4-2-1-3-5-10/h1-7,12,19H,8-9H2,(H,21,22)/t12-/m1/s1. The molecule has 0 aliphatic carbocycles. The van der Waals surface area contributed by atoms with E-state index in [1.165, 1.54) is 12.4 Å². The molecule has 1 heterocycles. The van der Waals surface area contributed by atoms with Gasteiger partial charge < -0.3 is 9.67 Å². The Bertz CT molecular complexity index is 626. The lowest BCUT2D eigenvalue weighted by Gasteiger charge is -2.16. The number of benzene rings is 1. The second kappa shape index (κ2) is 6.61. The zero-order valence-corrected chi connectivity index (χ0v) is 11.4. The maximum Gasteiger partial charge on any atom is 0.406 e. The number of carboxylic acids is 1. The van der Waals surface area contributed by atoms with Crippen molar-refractivity contribution < 1.29 is 23.1 Å². The van der Waals surface area contributed by atoms with Crippen molar-refractivity contribution in [1.29, 1.82) is 0 Å². The van der Waals surface area contributed by atoms with Gasteiger partial charge in [0.15, 0.2) is 0 Å². The average molecular weight is 313 g/mol. The van der Waals surface area contributed by atoms with Gasteiger partial charge in [0.2, 0.25) is 0 Å². The molecule has 0 saturated carbocycles. The molecule has 0 unspecified atom stereocenters. The number of halogens is 3. The van der Waals surface area contributed by atoms with E-state index in [0.717, 1.165) is 4.57 Å². The monoisotopic (exact) mass is 313 g/mol. The predicted molar refractivity (Wildman–Crippen MR) is 71.9 cm³/mol. The predicted octanol–water partition coefficient (Wildman–Crippen LogP) is 2.36. The normalized spacial score (nSPS) is 13.0. The molecule has 0 radical (unpaired) electrons. The summed E-state index contributed by atoms with van der Waals surface area (Å²) in [4.78, 5) is 15.1. The molecule has 8 heteroatoms. The second-order valence-corrected chi connectivity index (χ2v) is 4.65. The average Bonchev–Trinajstić information content (AvgIpc) is 2.85. The lowest BCUT2D eigenvalue weighted by atomic mass is 10.1. The Labute approximate surface area is 124 Å². The summed E-state index contributed by atoms with van der Waals surface area (Å²) in [7, 11) is 0. The number of carbonyl (C=O) groups is 1. The first-order valence-corrected chi connectivity index (χ1v) is 6.45. The van der Waals surface area contributed by atoms with E-state index >= 15 is 0 Å². The molecule has 2 N–H and O–H groups in total.